The number of anilines is 2. The summed E-state index contributed by atoms with van der Waals surface area (Å²) in [7, 11) is 5.47. The van der Waals surface area contributed by atoms with Crippen LogP contribution in [0.15, 0.2) is 4.47 Å². The maximum Gasteiger partial charge on any atom is 0.227 e. The summed E-state index contributed by atoms with van der Waals surface area (Å²) >= 11 is 3.48. The van der Waals surface area contributed by atoms with Crippen LogP contribution in [0.3, 0.4) is 0 Å². The Balaban J connectivity index is 3.16. The third-order valence-corrected chi connectivity index (χ3v) is 2.77. The number of ether oxygens (including phenoxy) is 1. The molecule has 0 amide bonds. The lowest BCUT2D eigenvalue weighted by atomic mass is 10.4. The molecule has 0 aromatic carbocycles. The molecule has 1 heterocycles. The maximum atomic E-state index is 5.11. The zero-order valence-corrected chi connectivity index (χ0v) is 11.6. The Bertz CT molecular complexity index is 330. The highest BCUT2D eigenvalue weighted by atomic mass is 79.9. The molecular formula is C10H17BrN4O. The van der Waals surface area contributed by atoms with Crippen molar-refractivity contribution >= 4 is 27.7 Å². The molecule has 0 aliphatic rings. The summed E-state index contributed by atoms with van der Waals surface area (Å²) in [5, 5.41) is 3.19. The lowest BCUT2D eigenvalue weighted by Crippen LogP contribution is -2.16. The molecule has 0 fully saturated rings. The number of aromatic nitrogens is 2. The van der Waals surface area contributed by atoms with E-state index in [4.69, 9.17) is 4.74 Å². The molecular weight excluding hydrogens is 272 g/mol. The van der Waals surface area contributed by atoms with E-state index >= 15 is 0 Å². The summed E-state index contributed by atoms with van der Waals surface area (Å²) in [6.45, 7) is 3.30. The Morgan fingerprint density at radius 1 is 1.38 bits per heavy atom. The minimum Gasteiger partial charge on any atom is -0.378 e. The van der Waals surface area contributed by atoms with Crippen molar-refractivity contribution in [2.45, 2.75) is 13.5 Å². The van der Waals surface area contributed by atoms with Crippen molar-refractivity contribution in [1.82, 2.24) is 9.97 Å². The SMILES string of the molecule is CCNc1nc(N(C)C)nc(COC)c1Br. The van der Waals surface area contributed by atoms with Gasteiger partial charge in [0.2, 0.25) is 5.95 Å². The number of nitrogens with zero attached hydrogens (tertiary/aromatic N) is 3. The predicted octanol–water partition coefficient (Wildman–Crippen LogP) is 1.88. The fraction of sp³-hybridized carbons (Fsp3) is 0.600. The average molecular weight is 289 g/mol. The molecule has 0 atom stereocenters. The molecule has 16 heavy (non-hydrogen) atoms. The molecule has 1 aromatic heterocycles. The smallest absolute Gasteiger partial charge is 0.227 e. The number of methoxy groups -OCH3 is 1. The van der Waals surface area contributed by atoms with Crippen LogP contribution in [-0.2, 0) is 11.3 Å². The molecule has 0 unspecified atom stereocenters. The lowest BCUT2D eigenvalue weighted by Gasteiger charge is -2.15. The first-order valence-electron chi connectivity index (χ1n) is 5.06. The van der Waals surface area contributed by atoms with Crippen molar-refractivity contribution in [3.05, 3.63) is 10.2 Å². The van der Waals surface area contributed by atoms with Gasteiger partial charge in [-0.15, -0.1) is 0 Å². The summed E-state index contributed by atoms with van der Waals surface area (Å²) < 4.78 is 5.97. The van der Waals surface area contributed by atoms with Crippen LogP contribution in [0.25, 0.3) is 0 Å². The van der Waals surface area contributed by atoms with Crippen molar-refractivity contribution in [3.8, 4) is 0 Å². The predicted molar refractivity (Wildman–Crippen MR) is 68.9 cm³/mol. The van der Waals surface area contributed by atoms with Crippen molar-refractivity contribution in [2.75, 3.05) is 38.0 Å². The minimum absolute atomic E-state index is 0.461. The zero-order valence-electron chi connectivity index (χ0n) is 10.0. The molecule has 90 valence electrons. The number of hydrogen-bond acceptors (Lipinski definition) is 5. The van der Waals surface area contributed by atoms with Gasteiger partial charge in [0.15, 0.2) is 0 Å². The van der Waals surface area contributed by atoms with Crippen molar-refractivity contribution in [3.63, 3.8) is 0 Å². The van der Waals surface area contributed by atoms with Gasteiger partial charge in [-0.3, -0.25) is 0 Å². The van der Waals surface area contributed by atoms with E-state index in [2.05, 4.69) is 31.2 Å². The Kier molecular flexibility index (Phi) is 4.95. The Morgan fingerprint density at radius 2 is 2.06 bits per heavy atom. The Morgan fingerprint density at radius 3 is 2.56 bits per heavy atom. The molecule has 1 aromatic rings. The minimum atomic E-state index is 0.461. The summed E-state index contributed by atoms with van der Waals surface area (Å²) in [6, 6.07) is 0. The molecule has 0 saturated carbocycles. The van der Waals surface area contributed by atoms with E-state index in [0.717, 1.165) is 22.5 Å². The van der Waals surface area contributed by atoms with Crippen LogP contribution >= 0.6 is 15.9 Å². The average Bonchev–Trinajstić information content (AvgIpc) is 2.24. The normalized spacial score (nSPS) is 10.3. The van der Waals surface area contributed by atoms with Gasteiger partial charge in [0.05, 0.1) is 16.8 Å². The van der Waals surface area contributed by atoms with Gasteiger partial charge < -0.3 is 15.0 Å². The largest absolute Gasteiger partial charge is 0.378 e. The van der Waals surface area contributed by atoms with Gasteiger partial charge in [0.25, 0.3) is 0 Å². The third kappa shape index (κ3) is 3.05. The summed E-state index contributed by atoms with van der Waals surface area (Å²) in [5.41, 5.74) is 0.845. The fourth-order valence-electron chi connectivity index (χ4n) is 1.20. The van der Waals surface area contributed by atoms with E-state index in [1.54, 1.807) is 7.11 Å². The summed E-state index contributed by atoms with van der Waals surface area (Å²) in [6.07, 6.45) is 0. The van der Waals surface area contributed by atoms with Gasteiger partial charge in [0.1, 0.15) is 5.82 Å². The van der Waals surface area contributed by atoms with Crippen LogP contribution in [0, 0.1) is 0 Å². The number of rotatable bonds is 5. The van der Waals surface area contributed by atoms with Gasteiger partial charge in [-0.25, -0.2) is 4.98 Å². The standard InChI is InChI=1S/C10H17BrN4O/c1-5-12-9-8(11)7(6-16-4)13-10(14-9)15(2)3/h5-6H2,1-4H3,(H,12,13,14). The van der Waals surface area contributed by atoms with Crippen molar-refractivity contribution in [1.29, 1.82) is 0 Å². The van der Waals surface area contributed by atoms with E-state index in [1.165, 1.54) is 0 Å². The second-order valence-corrected chi connectivity index (χ2v) is 4.28. The highest BCUT2D eigenvalue weighted by molar-refractivity contribution is 9.10. The topological polar surface area (TPSA) is 50.3 Å². The molecule has 5 nitrogen and oxygen atoms in total. The zero-order chi connectivity index (χ0) is 12.1. The maximum absolute atomic E-state index is 5.11. The number of halogens is 1. The molecule has 1 N–H and O–H groups in total. The highest BCUT2D eigenvalue weighted by Crippen LogP contribution is 2.26. The molecule has 0 spiro atoms. The summed E-state index contributed by atoms with van der Waals surface area (Å²) in [4.78, 5) is 10.7. The quantitative estimate of drug-likeness (QED) is 0.897. The van der Waals surface area contributed by atoms with Crippen LogP contribution in [0.1, 0.15) is 12.6 Å². The van der Waals surface area contributed by atoms with E-state index in [9.17, 15) is 0 Å². The van der Waals surface area contributed by atoms with E-state index in [1.807, 2.05) is 25.9 Å². The van der Waals surface area contributed by atoms with Crippen LogP contribution in [0.5, 0.6) is 0 Å². The summed E-state index contributed by atoms with van der Waals surface area (Å²) in [5.74, 6) is 1.47. The molecule has 0 saturated heterocycles. The van der Waals surface area contributed by atoms with E-state index < -0.39 is 0 Å². The van der Waals surface area contributed by atoms with Crippen LogP contribution in [0.2, 0.25) is 0 Å². The van der Waals surface area contributed by atoms with Gasteiger partial charge in [-0.2, -0.15) is 4.98 Å². The second-order valence-electron chi connectivity index (χ2n) is 3.49. The fourth-order valence-corrected chi connectivity index (χ4v) is 1.63. The second kappa shape index (κ2) is 6.00. The first-order valence-corrected chi connectivity index (χ1v) is 5.86. The van der Waals surface area contributed by atoms with Gasteiger partial charge in [-0.1, -0.05) is 0 Å². The van der Waals surface area contributed by atoms with Crippen LogP contribution in [0.4, 0.5) is 11.8 Å². The molecule has 0 bridgehead atoms. The molecule has 0 aliphatic heterocycles. The van der Waals surface area contributed by atoms with E-state index in [0.29, 0.717) is 12.6 Å². The van der Waals surface area contributed by atoms with Gasteiger partial charge in [0, 0.05) is 27.7 Å². The first-order chi connectivity index (χ1) is 7.60. The van der Waals surface area contributed by atoms with Crippen molar-refractivity contribution in [2.24, 2.45) is 0 Å². The Hall–Kier alpha value is -0.880. The number of hydrogen-bond donors (Lipinski definition) is 1. The van der Waals surface area contributed by atoms with Crippen LogP contribution in [-0.4, -0.2) is 37.7 Å². The van der Waals surface area contributed by atoms with E-state index in [-0.39, 0.29) is 0 Å². The third-order valence-electron chi connectivity index (χ3n) is 1.93. The van der Waals surface area contributed by atoms with Crippen molar-refractivity contribution < 1.29 is 4.74 Å². The lowest BCUT2D eigenvalue weighted by molar-refractivity contribution is 0.181. The molecule has 1 rings (SSSR count). The Labute approximate surface area is 104 Å². The number of nitrogens with one attached hydrogen (secondary N) is 1. The van der Waals surface area contributed by atoms with Gasteiger partial charge in [-0.05, 0) is 22.9 Å². The molecule has 0 aliphatic carbocycles. The monoisotopic (exact) mass is 288 g/mol. The van der Waals surface area contributed by atoms with Crippen LogP contribution < -0.4 is 10.2 Å². The molecule has 0 radical (unpaired) electrons. The van der Waals surface area contributed by atoms with Gasteiger partial charge >= 0.3 is 0 Å². The first kappa shape index (κ1) is 13.2. The molecule has 6 heteroatoms. The highest BCUT2D eigenvalue weighted by Gasteiger charge is 2.12.